The summed E-state index contributed by atoms with van der Waals surface area (Å²) in [6.07, 6.45) is 0. The van der Waals surface area contributed by atoms with E-state index in [1.165, 1.54) is 24.3 Å². The van der Waals surface area contributed by atoms with E-state index >= 15 is 0 Å². The van der Waals surface area contributed by atoms with Gasteiger partial charge in [-0.15, -0.1) is 0 Å². The molecule has 0 saturated heterocycles. The van der Waals surface area contributed by atoms with E-state index in [9.17, 15) is 16.8 Å². The summed E-state index contributed by atoms with van der Waals surface area (Å²) >= 11 is 0. The molecule has 0 heterocycles. The molecule has 27 heavy (non-hydrogen) atoms. The van der Waals surface area contributed by atoms with Crippen LogP contribution >= 0.6 is 0 Å². The largest absolute Gasteiger partial charge is 1.00 e. The molecular weight excluding hydrogens is 446 g/mol. The van der Waals surface area contributed by atoms with Crippen molar-refractivity contribution in [3.05, 3.63) is 60.7 Å². The van der Waals surface area contributed by atoms with Gasteiger partial charge in [0.1, 0.15) is 0 Å². The molecule has 0 bridgehead atoms. The van der Waals surface area contributed by atoms with Crippen LogP contribution < -0.4 is 59.1 Å². The van der Waals surface area contributed by atoms with Gasteiger partial charge in [-0.05, 0) is 24.3 Å². The Labute approximate surface area is 201 Å². The fraction of sp³-hybridized carbons (Fsp3) is 0. The van der Waals surface area contributed by atoms with Gasteiger partial charge >= 0.3 is 59.1 Å². The van der Waals surface area contributed by atoms with Crippen LogP contribution in [0.15, 0.2) is 70.5 Å². The first kappa shape index (κ1) is 31.8. The SMILES string of the molecule is O=S(=O)(O)c1ccccc1.O=S(=O)(O)c1ccccc1.O=S(=O)([O-])[O-].[Na+].[Na+]. The standard InChI is InChI=1S/2C6H6O3S.2Na.H2O4S/c2*7-10(8,9)6-4-2-1-3-5-6;;;1-5(2,3)4/h2*1-5H,(H,7,8,9);;;(H2,1,2,3,4)/q;;2*+1;/p-2. The van der Waals surface area contributed by atoms with Crippen molar-refractivity contribution in [1.82, 2.24) is 0 Å². The Morgan fingerprint density at radius 2 is 0.741 bits per heavy atom. The van der Waals surface area contributed by atoms with Gasteiger partial charge in [-0.1, -0.05) is 36.4 Å². The van der Waals surface area contributed by atoms with E-state index in [0.717, 1.165) is 0 Å². The van der Waals surface area contributed by atoms with Crippen molar-refractivity contribution in [2.75, 3.05) is 0 Å². The summed E-state index contributed by atoms with van der Waals surface area (Å²) in [5.41, 5.74) is 0. The van der Waals surface area contributed by atoms with E-state index in [-0.39, 0.29) is 68.9 Å². The summed E-state index contributed by atoms with van der Waals surface area (Å²) in [6.45, 7) is 0. The molecule has 0 aliphatic heterocycles. The second-order valence-electron chi connectivity index (χ2n) is 3.98. The van der Waals surface area contributed by atoms with Gasteiger partial charge in [0, 0.05) is 10.4 Å². The second-order valence-corrected chi connectivity index (χ2v) is 7.64. The van der Waals surface area contributed by atoms with Crippen LogP contribution in [0.1, 0.15) is 0 Å². The van der Waals surface area contributed by atoms with E-state index in [4.69, 9.17) is 26.6 Å². The quantitative estimate of drug-likeness (QED) is 0.249. The van der Waals surface area contributed by atoms with Crippen LogP contribution in [0.3, 0.4) is 0 Å². The Morgan fingerprint density at radius 3 is 0.852 bits per heavy atom. The summed E-state index contributed by atoms with van der Waals surface area (Å²) in [4.78, 5) is -0.148. The Morgan fingerprint density at radius 1 is 0.556 bits per heavy atom. The van der Waals surface area contributed by atoms with Gasteiger partial charge in [0.15, 0.2) is 0 Å². The predicted molar refractivity (Wildman–Crippen MR) is 83.0 cm³/mol. The number of hydrogen-bond acceptors (Lipinski definition) is 8. The molecule has 2 aromatic rings. The summed E-state index contributed by atoms with van der Waals surface area (Å²) in [7, 11) is -13.2. The van der Waals surface area contributed by atoms with Crippen molar-refractivity contribution < 1.29 is 103 Å². The summed E-state index contributed by atoms with van der Waals surface area (Å²) in [6, 6.07) is 14.8. The van der Waals surface area contributed by atoms with Crippen LogP contribution in [0.4, 0.5) is 0 Å². The molecular formula is C12H12Na2O10S3. The minimum absolute atomic E-state index is 0. The van der Waals surface area contributed by atoms with E-state index in [1.807, 2.05) is 0 Å². The van der Waals surface area contributed by atoms with Crippen LogP contribution in [-0.4, -0.2) is 43.5 Å². The van der Waals surface area contributed by atoms with Gasteiger partial charge < -0.3 is 9.11 Å². The molecule has 0 aliphatic carbocycles. The molecule has 0 spiro atoms. The maximum absolute atomic E-state index is 10.4. The Hall–Kier alpha value is 0.130. The molecule has 15 heteroatoms. The molecule has 140 valence electrons. The first-order valence-electron chi connectivity index (χ1n) is 5.93. The molecule has 0 atom stereocenters. The molecule has 0 amide bonds. The van der Waals surface area contributed by atoms with Gasteiger partial charge in [-0.25, -0.2) is 0 Å². The average molecular weight is 458 g/mol. The molecule has 2 N–H and O–H groups in total. The van der Waals surface area contributed by atoms with E-state index in [1.54, 1.807) is 36.4 Å². The molecule has 0 unspecified atom stereocenters. The molecule has 0 aliphatic rings. The Bertz CT molecular complexity index is 885. The third-order valence-corrected chi connectivity index (χ3v) is 3.82. The van der Waals surface area contributed by atoms with Crippen LogP contribution in [0, 0.1) is 0 Å². The topological polar surface area (TPSA) is 189 Å². The van der Waals surface area contributed by atoms with Gasteiger partial charge in [-0.3, -0.25) is 17.5 Å². The number of benzene rings is 2. The molecule has 0 fully saturated rings. The first-order valence-corrected chi connectivity index (χ1v) is 10.1. The summed E-state index contributed by atoms with van der Waals surface area (Å²) < 4.78 is 92.6. The van der Waals surface area contributed by atoms with Crippen molar-refractivity contribution in [2.24, 2.45) is 0 Å². The average Bonchev–Trinajstić information content (AvgIpc) is 2.46. The summed E-state index contributed by atoms with van der Waals surface area (Å²) in [5, 5.41) is 0. The third-order valence-electron chi connectivity index (χ3n) is 2.08. The zero-order valence-corrected chi connectivity index (χ0v) is 20.6. The van der Waals surface area contributed by atoms with Gasteiger partial charge in [-0.2, -0.15) is 16.8 Å². The van der Waals surface area contributed by atoms with E-state index in [2.05, 4.69) is 0 Å². The molecule has 0 aromatic heterocycles. The van der Waals surface area contributed by atoms with Crippen molar-refractivity contribution in [3.63, 3.8) is 0 Å². The second kappa shape index (κ2) is 14.2. The van der Waals surface area contributed by atoms with Crippen LogP contribution in [0.2, 0.25) is 0 Å². The Kier molecular flexibility index (Phi) is 16.7. The predicted octanol–water partition coefficient (Wildman–Crippen LogP) is -5.46. The zero-order valence-electron chi connectivity index (χ0n) is 14.2. The fourth-order valence-corrected chi connectivity index (χ4v) is 2.19. The first-order chi connectivity index (χ1) is 11.2. The van der Waals surface area contributed by atoms with Crippen LogP contribution in [-0.2, 0) is 30.6 Å². The monoisotopic (exact) mass is 458 g/mol. The van der Waals surface area contributed by atoms with Crippen LogP contribution in [0.25, 0.3) is 0 Å². The van der Waals surface area contributed by atoms with Crippen molar-refractivity contribution in [1.29, 1.82) is 0 Å². The fourth-order valence-electron chi connectivity index (χ4n) is 1.18. The maximum atomic E-state index is 10.4. The number of hydrogen-bond donors (Lipinski definition) is 2. The van der Waals surface area contributed by atoms with E-state index in [0.29, 0.717) is 0 Å². The van der Waals surface area contributed by atoms with E-state index < -0.39 is 30.6 Å². The third kappa shape index (κ3) is 19.2. The Balaban J connectivity index is -0.000000326. The van der Waals surface area contributed by atoms with Crippen molar-refractivity contribution >= 4 is 30.6 Å². The summed E-state index contributed by atoms with van der Waals surface area (Å²) in [5.74, 6) is 0. The number of rotatable bonds is 2. The smallest absolute Gasteiger partial charge is 0.759 e. The zero-order chi connectivity index (χ0) is 19.7. The van der Waals surface area contributed by atoms with Gasteiger partial charge in [0.2, 0.25) is 0 Å². The van der Waals surface area contributed by atoms with Crippen molar-refractivity contribution in [2.45, 2.75) is 9.79 Å². The van der Waals surface area contributed by atoms with Gasteiger partial charge in [0.25, 0.3) is 20.2 Å². The minimum atomic E-state index is -5.17. The van der Waals surface area contributed by atoms with Gasteiger partial charge in [0.05, 0.1) is 9.79 Å². The minimum Gasteiger partial charge on any atom is -0.759 e. The normalized spacial score (nSPS) is 10.5. The van der Waals surface area contributed by atoms with Crippen LogP contribution in [0.5, 0.6) is 0 Å². The molecule has 10 nitrogen and oxygen atoms in total. The van der Waals surface area contributed by atoms with Crippen molar-refractivity contribution in [3.8, 4) is 0 Å². The molecule has 0 saturated carbocycles. The molecule has 2 rings (SSSR count). The maximum Gasteiger partial charge on any atom is 1.00 e. The molecule has 0 radical (unpaired) electrons. The molecule has 2 aromatic carbocycles.